The molecule has 0 spiro atoms. The highest BCUT2D eigenvalue weighted by Crippen LogP contribution is 2.48. The second-order valence-corrected chi connectivity index (χ2v) is 19.8. The van der Waals surface area contributed by atoms with Crippen molar-refractivity contribution in [1.29, 1.82) is 0 Å². The summed E-state index contributed by atoms with van der Waals surface area (Å²) in [4.78, 5) is 20.0. The average Bonchev–Trinajstić information content (AvgIpc) is 3.41. The van der Waals surface area contributed by atoms with Gasteiger partial charge in [-0.25, -0.2) is 4.39 Å². The number of ketones is 1. The van der Waals surface area contributed by atoms with Crippen molar-refractivity contribution in [3.8, 4) is 11.1 Å². The van der Waals surface area contributed by atoms with Crippen LogP contribution in [0.1, 0.15) is 124 Å². The van der Waals surface area contributed by atoms with Gasteiger partial charge < -0.3 is 4.43 Å². The smallest absolute Gasteiger partial charge is 0.195 e. The number of hydrogen-bond acceptors (Lipinski definition) is 3. The summed E-state index contributed by atoms with van der Waals surface area (Å²) in [6, 6.07) is 14.5. The molecule has 1 aromatic heterocycles. The molecule has 5 heteroatoms. The van der Waals surface area contributed by atoms with E-state index in [0.29, 0.717) is 11.1 Å². The Labute approximate surface area is 254 Å². The third-order valence-electron chi connectivity index (χ3n) is 9.23. The monoisotopic (exact) mass is 587 g/mol. The van der Waals surface area contributed by atoms with E-state index < -0.39 is 8.32 Å². The molecule has 1 saturated carbocycles. The molecule has 1 atom stereocenters. The molecule has 1 aliphatic rings. The van der Waals surface area contributed by atoms with Crippen LogP contribution < -0.4 is 0 Å². The first kappa shape index (κ1) is 32.3. The normalized spacial score (nSPS) is 15.7. The number of halogens is 1. The van der Waals surface area contributed by atoms with E-state index in [1.165, 1.54) is 12.1 Å². The van der Waals surface area contributed by atoms with Gasteiger partial charge in [0, 0.05) is 28.3 Å². The molecule has 0 unspecified atom stereocenters. The fourth-order valence-electron chi connectivity index (χ4n) is 5.92. The highest BCUT2D eigenvalue weighted by Gasteiger charge is 2.42. The number of carbonyl (C=O) groups excluding carboxylic acids is 1. The van der Waals surface area contributed by atoms with Gasteiger partial charge in [-0.1, -0.05) is 96.3 Å². The number of benzene rings is 2. The summed E-state index contributed by atoms with van der Waals surface area (Å²) in [7, 11) is -2.23. The Hall–Kier alpha value is -2.63. The SMILES string of the molecule is Cc1ccc(C(=O)c2c(C3CCCC3)nc(C)c([C@H](CC(C)(C)C)O[Si](C)(C)C(C)(C)C)c2-c2ccc(F)cc2)cc1. The standard InChI is InChI=1S/C37H50FNO2Si/c1-24-15-17-28(18-16-24)35(40)33-32(26-19-21-29(38)22-20-26)31(25(2)39-34(33)27-13-11-12-14-27)30(23-36(3,4)5)41-42(9,10)37(6,7)8/h15-22,27,30H,11-14,23H2,1-10H3/t30-/m0/s1. The molecule has 42 heavy (non-hydrogen) atoms. The number of aryl methyl sites for hydroxylation is 2. The van der Waals surface area contributed by atoms with Crippen LogP contribution in [-0.4, -0.2) is 19.1 Å². The summed E-state index contributed by atoms with van der Waals surface area (Å²) in [6.45, 7) is 22.2. The fourth-order valence-corrected chi connectivity index (χ4v) is 7.18. The van der Waals surface area contributed by atoms with E-state index in [4.69, 9.17) is 9.41 Å². The van der Waals surface area contributed by atoms with Crippen LogP contribution in [0.15, 0.2) is 48.5 Å². The predicted octanol–water partition coefficient (Wildman–Crippen LogP) is 10.9. The van der Waals surface area contributed by atoms with E-state index in [9.17, 15) is 9.18 Å². The molecule has 0 radical (unpaired) electrons. The van der Waals surface area contributed by atoms with Crippen LogP contribution in [0.25, 0.3) is 11.1 Å². The summed E-state index contributed by atoms with van der Waals surface area (Å²) < 4.78 is 21.6. The largest absolute Gasteiger partial charge is 0.410 e. The number of rotatable bonds is 8. The average molecular weight is 588 g/mol. The Morgan fingerprint density at radius 1 is 0.952 bits per heavy atom. The lowest BCUT2D eigenvalue weighted by molar-refractivity contribution is 0.103. The Kier molecular flexibility index (Phi) is 9.35. The first-order valence-corrected chi connectivity index (χ1v) is 18.5. The quantitative estimate of drug-likeness (QED) is 0.194. The van der Waals surface area contributed by atoms with E-state index in [2.05, 4.69) is 61.6 Å². The first-order valence-electron chi connectivity index (χ1n) is 15.6. The van der Waals surface area contributed by atoms with Crippen LogP contribution in [0.5, 0.6) is 0 Å². The van der Waals surface area contributed by atoms with E-state index in [1.54, 1.807) is 0 Å². The lowest BCUT2D eigenvalue weighted by Crippen LogP contribution is -2.42. The van der Waals surface area contributed by atoms with Gasteiger partial charge in [0.1, 0.15) is 5.82 Å². The Bertz CT molecular complexity index is 1410. The second kappa shape index (κ2) is 12.2. The van der Waals surface area contributed by atoms with Crippen molar-refractivity contribution in [2.45, 2.75) is 118 Å². The highest BCUT2D eigenvalue weighted by molar-refractivity contribution is 6.74. The third kappa shape index (κ3) is 7.11. The Balaban J connectivity index is 2.10. The minimum Gasteiger partial charge on any atom is -0.410 e. The molecule has 1 aliphatic carbocycles. The topological polar surface area (TPSA) is 39.2 Å². The van der Waals surface area contributed by atoms with Gasteiger partial charge in [-0.3, -0.25) is 9.78 Å². The van der Waals surface area contributed by atoms with E-state index in [0.717, 1.165) is 65.7 Å². The molecular weight excluding hydrogens is 537 g/mol. The summed E-state index contributed by atoms with van der Waals surface area (Å²) in [5.74, 6) is -0.0900. The summed E-state index contributed by atoms with van der Waals surface area (Å²) in [5, 5.41) is 0.00480. The molecule has 3 nitrogen and oxygen atoms in total. The minimum absolute atomic E-state index is 0.00480. The number of pyridine rings is 1. The third-order valence-corrected chi connectivity index (χ3v) is 13.7. The number of aromatic nitrogens is 1. The molecule has 1 heterocycles. The zero-order valence-electron chi connectivity index (χ0n) is 27.5. The number of carbonyl (C=O) groups is 1. The van der Waals surface area contributed by atoms with Crippen LogP contribution >= 0.6 is 0 Å². The van der Waals surface area contributed by atoms with Gasteiger partial charge in [-0.15, -0.1) is 0 Å². The maximum Gasteiger partial charge on any atom is 0.195 e. The van der Waals surface area contributed by atoms with Gasteiger partial charge >= 0.3 is 0 Å². The highest BCUT2D eigenvalue weighted by atomic mass is 28.4. The Morgan fingerprint density at radius 2 is 1.52 bits per heavy atom. The lowest BCUT2D eigenvalue weighted by Gasteiger charge is -2.42. The van der Waals surface area contributed by atoms with Gasteiger partial charge in [0.15, 0.2) is 14.1 Å². The van der Waals surface area contributed by atoms with Crippen LogP contribution in [0.4, 0.5) is 4.39 Å². The minimum atomic E-state index is -2.23. The molecule has 1 fully saturated rings. The van der Waals surface area contributed by atoms with Gasteiger partial charge in [0.2, 0.25) is 0 Å². The van der Waals surface area contributed by atoms with Crippen molar-refractivity contribution >= 4 is 14.1 Å². The van der Waals surface area contributed by atoms with Crippen molar-refractivity contribution in [1.82, 2.24) is 4.98 Å². The fraction of sp³-hybridized carbons (Fsp3) is 0.514. The molecule has 226 valence electrons. The van der Waals surface area contributed by atoms with Crippen LogP contribution in [0.3, 0.4) is 0 Å². The second-order valence-electron chi connectivity index (χ2n) is 15.1. The Morgan fingerprint density at radius 3 is 2.05 bits per heavy atom. The van der Waals surface area contributed by atoms with Crippen molar-refractivity contribution in [2.24, 2.45) is 5.41 Å². The molecule has 0 saturated heterocycles. The van der Waals surface area contributed by atoms with E-state index >= 15 is 0 Å². The van der Waals surface area contributed by atoms with Crippen LogP contribution in [0, 0.1) is 25.1 Å². The molecule has 2 aromatic carbocycles. The van der Waals surface area contributed by atoms with E-state index in [1.807, 2.05) is 43.3 Å². The van der Waals surface area contributed by atoms with Gasteiger partial charge in [0.05, 0.1) is 17.4 Å². The van der Waals surface area contributed by atoms with Crippen molar-refractivity contribution < 1.29 is 13.6 Å². The lowest BCUT2D eigenvalue weighted by atomic mass is 9.80. The molecular formula is C37H50FNO2Si. The zero-order valence-corrected chi connectivity index (χ0v) is 28.5. The van der Waals surface area contributed by atoms with Crippen molar-refractivity contribution in [2.75, 3.05) is 0 Å². The van der Waals surface area contributed by atoms with Gasteiger partial charge in [-0.2, -0.15) is 0 Å². The molecule has 0 aliphatic heterocycles. The summed E-state index contributed by atoms with van der Waals surface area (Å²) >= 11 is 0. The van der Waals surface area contributed by atoms with Gasteiger partial charge in [0.25, 0.3) is 0 Å². The summed E-state index contributed by atoms with van der Waals surface area (Å²) in [5.41, 5.74) is 6.85. The predicted molar refractivity (Wildman–Crippen MR) is 175 cm³/mol. The van der Waals surface area contributed by atoms with Crippen LogP contribution in [-0.2, 0) is 4.43 Å². The van der Waals surface area contributed by atoms with Crippen LogP contribution in [0.2, 0.25) is 18.1 Å². The maximum atomic E-state index is 14.7. The summed E-state index contributed by atoms with van der Waals surface area (Å²) in [6.07, 6.45) is 4.83. The molecule has 0 amide bonds. The van der Waals surface area contributed by atoms with Gasteiger partial charge in [-0.05, 0) is 74.4 Å². The molecule has 0 N–H and O–H groups in total. The molecule has 4 rings (SSSR count). The zero-order chi connectivity index (χ0) is 31.0. The number of hydrogen-bond donors (Lipinski definition) is 0. The van der Waals surface area contributed by atoms with E-state index in [-0.39, 0.29) is 34.1 Å². The molecule has 0 bridgehead atoms. The molecule has 3 aromatic rings. The van der Waals surface area contributed by atoms with Crippen molar-refractivity contribution in [3.05, 3.63) is 88.0 Å². The van der Waals surface area contributed by atoms with Crippen molar-refractivity contribution in [3.63, 3.8) is 0 Å². The first-order chi connectivity index (χ1) is 19.5. The number of nitrogens with zero attached hydrogens (tertiary/aromatic N) is 1. The maximum absolute atomic E-state index is 14.7.